The van der Waals surface area contributed by atoms with Crippen LogP contribution in [0.2, 0.25) is 0 Å². The van der Waals surface area contributed by atoms with Gasteiger partial charge in [-0.15, -0.1) is 0 Å². The fourth-order valence-corrected chi connectivity index (χ4v) is 2.91. The highest BCUT2D eigenvalue weighted by molar-refractivity contribution is 7.89. The zero-order valence-electron chi connectivity index (χ0n) is 13.1. The summed E-state index contributed by atoms with van der Waals surface area (Å²) in [6, 6.07) is 5.56. The van der Waals surface area contributed by atoms with Gasteiger partial charge in [0.1, 0.15) is 11.6 Å². The molecule has 1 unspecified atom stereocenters. The van der Waals surface area contributed by atoms with Crippen molar-refractivity contribution in [2.45, 2.75) is 57.6 Å². The minimum atomic E-state index is -3.74. The second kappa shape index (κ2) is 6.58. The fourth-order valence-electron chi connectivity index (χ4n) is 1.64. The first-order valence-corrected chi connectivity index (χ1v) is 8.35. The number of hydrogen-bond acceptors (Lipinski definition) is 4. The number of rotatable bonds is 5. The molecule has 0 saturated heterocycles. The fraction of sp³-hybridized carbons (Fsp3) is 0.533. The summed E-state index contributed by atoms with van der Waals surface area (Å²) < 4.78 is 32.2. The van der Waals surface area contributed by atoms with Crippen LogP contribution in [-0.4, -0.2) is 26.0 Å². The van der Waals surface area contributed by atoms with Gasteiger partial charge in [0.2, 0.25) is 10.0 Å². The molecule has 0 aliphatic rings. The smallest absolute Gasteiger partial charge is 0.324 e. The van der Waals surface area contributed by atoms with Crippen LogP contribution in [0.4, 0.5) is 0 Å². The van der Waals surface area contributed by atoms with Crippen molar-refractivity contribution in [1.29, 1.82) is 0 Å². The minimum Gasteiger partial charge on any atom is -0.459 e. The average molecular weight is 313 g/mol. The van der Waals surface area contributed by atoms with Crippen LogP contribution in [0.15, 0.2) is 29.2 Å². The minimum absolute atomic E-state index is 0.134. The Kier molecular flexibility index (Phi) is 5.53. The molecule has 0 aliphatic heterocycles. The van der Waals surface area contributed by atoms with E-state index < -0.39 is 27.6 Å². The molecule has 1 aromatic carbocycles. The molecule has 6 heteroatoms. The largest absolute Gasteiger partial charge is 0.459 e. The Morgan fingerprint density at radius 2 is 1.76 bits per heavy atom. The molecule has 1 N–H and O–H groups in total. The van der Waals surface area contributed by atoms with Gasteiger partial charge in [0, 0.05) is 0 Å². The summed E-state index contributed by atoms with van der Waals surface area (Å²) >= 11 is 0. The Morgan fingerprint density at radius 3 is 2.19 bits per heavy atom. The third-order valence-corrected chi connectivity index (χ3v) is 4.22. The van der Waals surface area contributed by atoms with E-state index in [4.69, 9.17) is 4.74 Å². The van der Waals surface area contributed by atoms with Crippen LogP contribution in [0.5, 0.6) is 0 Å². The normalized spacial score (nSPS) is 13.8. The summed E-state index contributed by atoms with van der Waals surface area (Å²) in [7, 11) is -3.74. The van der Waals surface area contributed by atoms with Gasteiger partial charge in [-0.25, -0.2) is 8.42 Å². The highest BCUT2D eigenvalue weighted by Crippen LogP contribution is 2.14. The lowest BCUT2D eigenvalue weighted by Gasteiger charge is -2.23. The van der Waals surface area contributed by atoms with E-state index in [1.54, 1.807) is 39.8 Å². The Hall–Kier alpha value is -1.40. The van der Waals surface area contributed by atoms with Crippen molar-refractivity contribution in [3.05, 3.63) is 29.8 Å². The molecule has 0 aliphatic carbocycles. The summed E-state index contributed by atoms with van der Waals surface area (Å²) in [6.45, 7) is 8.83. The number of benzene rings is 1. The van der Waals surface area contributed by atoms with Crippen molar-refractivity contribution in [3.63, 3.8) is 0 Å². The summed E-state index contributed by atoms with van der Waals surface area (Å²) in [5.41, 5.74) is 0.313. The second-order valence-corrected chi connectivity index (χ2v) is 7.64. The lowest BCUT2D eigenvalue weighted by Crippen LogP contribution is -2.43. The van der Waals surface area contributed by atoms with E-state index in [2.05, 4.69) is 4.72 Å². The van der Waals surface area contributed by atoms with E-state index in [-0.39, 0.29) is 4.90 Å². The summed E-state index contributed by atoms with van der Waals surface area (Å²) in [5, 5.41) is 0. The molecule has 0 bridgehead atoms. The van der Waals surface area contributed by atoms with Gasteiger partial charge in [-0.1, -0.05) is 24.6 Å². The molecule has 1 atom stereocenters. The van der Waals surface area contributed by atoms with Gasteiger partial charge in [-0.2, -0.15) is 4.72 Å². The maximum Gasteiger partial charge on any atom is 0.324 e. The quantitative estimate of drug-likeness (QED) is 0.847. The third-order valence-electron chi connectivity index (χ3n) is 2.73. The lowest BCUT2D eigenvalue weighted by atomic mass is 10.2. The number of carbonyl (C=O) groups excluding carboxylic acids is 1. The summed E-state index contributed by atoms with van der Waals surface area (Å²) in [6.07, 6.45) is 0.319. The third kappa shape index (κ3) is 5.47. The molecule has 21 heavy (non-hydrogen) atoms. The van der Waals surface area contributed by atoms with Crippen LogP contribution >= 0.6 is 0 Å². The van der Waals surface area contributed by atoms with Crippen LogP contribution in [-0.2, 0) is 19.6 Å². The molecule has 118 valence electrons. The van der Waals surface area contributed by atoms with Crippen molar-refractivity contribution in [3.8, 4) is 0 Å². The molecular formula is C15H23NO4S. The van der Waals surface area contributed by atoms with Crippen LogP contribution < -0.4 is 4.72 Å². The standard InChI is InChI=1S/C15H23NO4S/c1-6-13(14(17)20-15(3,4)5)16-21(18,19)12-9-7-11(2)8-10-12/h7-10,13,16H,6H2,1-5H3. The SMILES string of the molecule is CCC(NS(=O)(=O)c1ccc(C)cc1)C(=O)OC(C)(C)C. The first-order chi connectivity index (χ1) is 9.55. The maximum absolute atomic E-state index is 12.3. The van der Waals surface area contributed by atoms with Crippen LogP contribution in [0.3, 0.4) is 0 Å². The van der Waals surface area contributed by atoms with Crippen molar-refractivity contribution < 1.29 is 17.9 Å². The van der Waals surface area contributed by atoms with Gasteiger partial charge >= 0.3 is 5.97 Å². The van der Waals surface area contributed by atoms with E-state index in [1.807, 2.05) is 6.92 Å². The molecule has 0 aromatic heterocycles. The van der Waals surface area contributed by atoms with Crippen molar-refractivity contribution in [2.24, 2.45) is 0 Å². The van der Waals surface area contributed by atoms with E-state index >= 15 is 0 Å². The van der Waals surface area contributed by atoms with Crippen molar-refractivity contribution >= 4 is 16.0 Å². The molecule has 0 radical (unpaired) electrons. The molecule has 0 amide bonds. The zero-order valence-corrected chi connectivity index (χ0v) is 14.0. The molecule has 0 saturated carbocycles. The predicted octanol–water partition coefficient (Wildman–Crippen LogP) is 2.39. The van der Waals surface area contributed by atoms with Gasteiger partial charge in [0.25, 0.3) is 0 Å². The Bertz CT molecular complexity index is 585. The van der Waals surface area contributed by atoms with Gasteiger partial charge < -0.3 is 4.74 Å². The monoisotopic (exact) mass is 313 g/mol. The highest BCUT2D eigenvalue weighted by atomic mass is 32.2. The molecule has 0 heterocycles. The van der Waals surface area contributed by atoms with Crippen molar-refractivity contribution in [1.82, 2.24) is 4.72 Å². The predicted molar refractivity (Wildman–Crippen MR) is 81.4 cm³/mol. The summed E-state index contributed by atoms with van der Waals surface area (Å²) in [4.78, 5) is 12.1. The van der Waals surface area contributed by atoms with Crippen LogP contribution in [0.25, 0.3) is 0 Å². The Morgan fingerprint density at radius 1 is 1.24 bits per heavy atom. The van der Waals surface area contributed by atoms with Gasteiger partial charge in [0.05, 0.1) is 4.90 Å². The van der Waals surface area contributed by atoms with Gasteiger partial charge in [-0.3, -0.25) is 4.79 Å². The van der Waals surface area contributed by atoms with Crippen molar-refractivity contribution in [2.75, 3.05) is 0 Å². The lowest BCUT2D eigenvalue weighted by molar-refractivity contribution is -0.157. The zero-order chi connectivity index (χ0) is 16.3. The topological polar surface area (TPSA) is 72.5 Å². The van der Waals surface area contributed by atoms with E-state index in [0.717, 1.165) is 5.56 Å². The molecule has 5 nitrogen and oxygen atoms in total. The molecule has 1 rings (SSSR count). The van der Waals surface area contributed by atoms with Gasteiger partial charge in [0.15, 0.2) is 0 Å². The van der Waals surface area contributed by atoms with E-state index in [0.29, 0.717) is 6.42 Å². The number of sulfonamides is 1. The van der Waals surface area contributed by atoms with E-state index in [9.17, 15) is 13.2 Å². The number of nitrogens with one attached hydrogen (secondary N) is 1. The van der Waals surface area contributed by atoms with Crippen LogP contribution in [0.1, 0.15) is 39.7 Å². The average Bonchev–Trinajstić information content (AvgIpc) is 2.34. The molecular weight excluding hydrogens is 290 g/mol. The van der Waals surface area contributed by atoms with E-state index in [1.165, 1.54) is 12.1 Å². The van der Waals surface area contributed by atoms with Crippen LogP contribution in [0, 0.1) is 6.92 Å². The molecule has 0 spiro atoms. The number of aryl methyl sites for hydroxylation is 1. The highest BCUT2D eigenvalue weighted by Gasteiger charge is 2.28. The maximum atomic E-state index is 12.3. The molecule has 1 aromatic rings. The number of hydrogen-bond donors (Lipinski definition) is 1. The Balaban J connectivity index is 2.90. The number of esters is 1. The number of ether oxygens (including phenoxy) is 1. The number of carbonyl (C=O) groups is 1. The Labute approximate surface area is 126 Å². The first kappa shape index (κ1) is 17.7. The first-order valence-electron chi connectivity index (χ1n) is 6.87. The van der Waals surface area contributed by atoms with Gasteiger partial charge in [-0.05, 0) is 46.2 Å². The summed E-state index contributed by atoms with van der Waals surface area (Å²) in [5.74, 6) is -0.569. The second-order valence-electron chi connectivity index (χ2n) is 5.93. The molecule has 0 fully saturated rings.